The van der Waals surface area contributed by atoms with Gasteiger partial charge in [-0.3, -0.25) is 0 Å². The van der Waals surface area contributed by atoms with E-state index in [4.69, 9.17) is 5.11 Å². The number of benzene rings is 1. The lowest BCUT2D eigenvalue weighted by molar-refractivity contribution is -0.141. The van der Waals surface area contributed by atoms with Crippen LogP contribution >= 0.6 is 0 Å². The van der Waals surface area contributed by atoms with E-state index in [1.165, 1.54) is 0 Å². The standard InChI is InChI=1S/C15H22N2O3/c1-15(2,3)12(13(18)19)17-14(20)16-10-9-11-7-5-4-6-8-11/h4-8,12H,9-10H2,1-3H3,(H,18,19)(H2,16,17,20). The highest BCUT2D eigenvalue weighted by atomic mass is 16.4. The average Bonchev–Trinajstić information content (AvgIpc) is 2.35. The molecule has 3 N–H and O–H groups in total. The fraction of sp³-hybridized carbons (Fsp3) is 0.467. The van der Waals surface area contributed by atoms with Gasteiger partial charge < -0.3 is 15.7 Å². The van der Waals surface area contributed by atoms with Gasteiger partial charge in [-0.05, 0) is 17.4 Å². The summed E-state index contributed by atoms with van der Waals surface area (Å²) in [6.45, 7) is 5.79. The number of carboxylic acids is 1. The number of rotatable bonds is 5. The van der Waals surface area contributed by atoms with Crippen LogP contribution in [0.3, 0.4) is 0 Å². The lowest BCUT2D eigenvalue weighted by Gasteiger charge is -2.27. The maximum absolute atomic E-state index is 11.7. The van der Waals surface area contributed by atoms with Gasteiger partial charge in [0.25, 0.3) is 0 Å². The second-order valence-corrected chi connectivity index (χ2v) is 5.77. The predicted octanol–water partition coefficient (Wildman–Crippen LogP) is 2.03. The van der Waals surface area contributed by atoms with Gasteiger partial charge in [-0.15, -0.1) is 0 Å². The number of carboxylic acid groups (broad SMARTS) is 1. The molecule has 1 unspecified atom stereocenters. The molecule has 0 radical (unpaired) electrons. The minimum Gasteiger partial charge on any atom is -0.480 e. The third-order valence-corrected chi connectivity index (χ3v) is 2.93. The topological polar surface area (TPSA) is 78.4 Å². The molecular formula is C15H22N2O3. The normalized spacial score (nSPS) is 12.6. The molecule has 1 aromatic rings. The summed E-state index contributed by atoms with van der Waals surface area (Å²) in [5.41, 5.74) is 0.584. The van der Waals surface area contributed by atoms with Gasteiger partial charge in [-0.25, -0.2) is 9.59 Å². The van der Waals surface area contributed by atoms with Crippen molar-refractivity contribution >= 4 is 12.0 Å². The summed E-state index contributed by atoms with van der Waals surface area (Å²) in [4.78, 5) is 22.8. The van der Waals surface area contributed by atoms with E-state index in [0.29, 0.717) is 13.0 Å². The first-order valence-electron chi connectivity index (χ1n) is 6.62. The number of aliphatic carboxylic acids is 1. The van der Waals surface area contributed by atoms with Crippen molar-refractivity contribution in [3.8, 4) is 0 Å². The smallest absolute Gasteiger partial charge is 0.326 e. The molecular weight excluding hydrogens is 256 g/mol. The molecule has 1 atom stereocenters. The number of amides is 2. The van der Waals surface area contributed by atoms with Crippen molar-refractivity contribution in [2.24, 2.45) is 5.41 Å². The van der Waals surface area contributed by atoms with E-state index in [-0.39, 0.29) is 0 Å². The van der Waals surface area contributed by atoms with E-state index in [2.05, 4.69) is 10.6 Å². The summed E-state index contributed by atoms with van der Waals surface area (Å²) in [5.74, 6) is -1.03. The van der Waals surface area contributed by atoms with Crippen LogP contribution in [0.15, 0.2) is 30.3 Å². The van der Waals surface area contributed by atoms with Crippen molar-refractivity contribution in [2.75, 3.05) is 6.54 Å². The maximum atomic E-state index is 11.7. The molecule has 2 amide bonds. The van der Waals surface area contributed by atoms with Crippen LogP contribution < -0.4 is 10.6 Å². The summed E-state index contributed by atoms with van der Waals surface area (Å²) in [5, 5.41) is 14.3. The van der Waals surface area contributed by atoms with Gasteiger partial charge in [-0.2, -0.15) is 0 Å². The highest BCUT2D eigenvalue weighted by Gasteiger charge is 2.32. The molecule has 0 aliphatic heterocycles. The van der Waals surface area contributed by atoms with Crippen LogP contribution in [0.2, 0.25) is 0 Å². The molecule has 1 rings (SSSR count). The van der Waals surface area contributed by atoms with Crippen LogP contribution in [0.5, 0.6) is 0 Å². The highest BCUT2D eigenvalue weighted by Crippen LogP contribution is 2.19. The summed E-state index contributed by atoms with van der Waals surface area (Å²) in [7, 11) is 0. The Morgan fingerprint density at radius 3 is 2.30 bits per heavy atom. The van der Waals surface area contributed by atoms with E-state index in [1.54, 1.807) is 20.8 Å². The first kappa shape index (κ1) is 16.0. The number of carbonyl (C=O) groups excluding carboxylic acids is 1. The third kappa shape index (κ3) is 5.30. The molecule has 0 aliphatic rings. The highest BCUT2D eigenvalue weighted by molar-refractivity contribution is 5.83. The van der Waals surface area contributed by atoms with E-state index in [9.17, 15) is 9.59 Å². The number of nitrogens with one attached hydrogen (secondary N) is 2. The molecule has 0 bridgehead atoms. The first-order valence-corrected chi connectivity index (χ1v) is 6.62. The second kappa shape index (κ2) is 6.93. The zero-order valence-corrected chi connectivity index (χ0v) is 12.1. The second-order valence-electron chi connectivity index (χ2n) is 5.77. The van der Waals surface area contributed by atoms with Crippen LogP contribution in [-0.2, 0) is 11.2 Å². The van der Waals surface area contributed by atoms with Crippen molar-refractivity contribution < 1.29 is 14.7 Å². The van der Waals surface area contributed by atoms with Crippen molar-refractivity contribution in [2.45, 2.75) is 33.2 Å². The van der Waals surface area contributed by atoms with Crippen molar-refractivity contribution in [3.05, 3.63) is 35.9 Å². The molecule has 0 saturated carbocycles. The van der Waals surface area contributed by atoms with Crippen LogP contribution in [0, 0.1) is 5.41 Å². The van der Waals surface area contributed by atoms with Gasteiger partial charge in [0.15, 0.2) is 0 Å². The van der Waals surface area contributed by atoms with Crippen LogP contribution in [0.25, 0.3) is 0 Å². The van der Waals surface area contributed by atoms with Crippen LogP contribution in [0.1, 0.15) is 26.3 Å². The summed E-state index contributed by atoms with van der Waals surface area (Å²) >= 11 is 0. The summed E-state index contributed by atoms with van der Waals surface area (Å²) in [6, 6.07) is 8.40. The predicted molar refractivity (Wildman–Crippen MR) is 77.6 cm³/mol. The van der Waals surface area contributed by atoms with Gasteiger partial charge in [0.1, 0.15) is 6.04 Å². The average molecular weight is 278 g/mol. The SMILES string of the molecule is CC(C)(C)C(NC(=O)NCCc1ccccc1)C(=O)O. The molecule has 0 aromatic heterocycles. The van der Waals surface area contributed by atoms with E-state index in [0.717, 1.165) is 5.56 Å². The Labute approximate surface area is 119 Å². The maximum Gasteiger partial charge on any atom is 0.326 e. The Morgan fingerprint density at radius 2 is 1.80 bits per heavy atom. The minimum atomic E-state index is -1.03. The Morgan fingerprint density at radius 1 is 1.20 bits per heavy atom. The number of hydrogen-bond acceptors (Lipinski definition) is 2. The van der Waals surface area contributed by atoms with Gasteiger partial charge >= 0.3 is 12.0 Å². The molecule has 0 aliphatic carbocycles. The molecule has 110 valence electrons. The fourth-order valence-corrected chi connectivity index (χ4v) is 1.80. The Kier molecular flexibility index (Phi) is 5.55. The van der Waals surface area contributed by atoms with Gasteiger partial charge in [0, 0.05) is 6.54 Å². The molecule has 0 spiro atoms. The minimum absolute atomic E-state index is 0.455. The lowest BCUT2D eigenvalue weighted by atomic mass is 9.87. The van der Waals surface area contributed by atoms with Gasteiger partial charge in [0.05, 0.1) is 0 Å². The monoisotopic (exact) mass is 278 g/mol. The number of urea groups is 1. The first-order chi connectivity index (χ1) is 9.30. The van der Waals surface area contributed by atoms with Crippen LogP contribution in [-0.4, -0.2) is 29.7 Å². The number of hydrogen-bond donors (Lipinski definition) is 3. The molecule has 5 nitrogen and oxygen atoms in total. The molecule has 5 heteroatoms. The molecule has 0 saturated heterocycles. The Hall–Kier alpha value is -2.04. The molecule has 1 aromatic carbocycles. The van der Waals surface area contributed by atoms with Crippen LogP contribution in [0.4, 0.5) is 4.79 Å². The van der Waals surface area contributed by atoms with Gasteiger partial charge in [0.2, 0.25) is 0 Å². The zero-order chi connectivity index (χ0) is 15.2. The van der Waals surface area contributed by atoms with E-state index in [1.807, 2.05) is 30.3 Å². The summed E-state index contributed by atoms with van der Waals surface area (Å²) < 4.78 is 0. The Balaban J connectivity index is 2.41. The molecule has 0 fully saturated rings. The largest absolute Gasteiger partial charge is 0.480 e. The zero-order valence-electron chi connectivity index (χ0n) is 12.1. The van der Waals surface area contributed by atoms with E-state index < -0.39 is 23.5 Å². The van der Waals surface area contributed by atoms with Crippen molar-refractivity contribution in [1.82, 2.24) is 10.6 Å². The fourth-order valence-electron chi connectivity index (χ4n) is 1.80. The third-order valence-electron chi connectivity index (χ3n) is 2.93. The van der Waals surface area contributed by atoms with E-state index >= 15 is 0 Å². The van der Waals surface area contributed by atoms with Crippen molar-refractivity contribution in [3.63, 3.8) is 0 Å². The van der Waals surface area contributed by atoms with Crippen molar-refractivity contribution in [1.29, 1.82) is 0 Å². The number of carbonyl (C=O) groups is 2. The molecule has 0 heterocycles. The quantitative estimate of drug-likeness (QED) is 0.771. The lowest BCUT2D eigenvalue weighted by Crippen LogP contribution is -2.52. The Bertz CT molecular complexity index is 452. The molecule has 20 heavy (non-hydrogen) atoms. The van der Waals surface area contributed by atoms with Gasteiger partial charge in [-0.1, -0.05) is 51.1 Å². The summed E-state index contributed by atoms with van der Waals surface area (Å²) in [6.07, 6.45) is 0.710.